The van der Waals surface area contributed by atoms with Crippen molar-refractivity contribution in [3.63, 3.8) is 0 Å². The molecule has 2 rings (SSSR count). The van der Waals surface area contributed by atoms with Crippen molar-refractivity contribution >= 4 is 0 Å². The lowest BCUT2D eigenvalue weighted by molar-refractivity contribution is -0.0777. The van der Waals surface area contributed by atoms with Gasteiger partial charge in [0.15, 0.2) is 0 Å². The van der Waals surface area contributed by atoms with Crippen LogP contribution >= 0.6 is 0 Å². The fourth-order valence-corrected chi connectivity index (χ4v) is 2.67. The molecule has 3 atom stereocenters. The number of rotatable bonds is 3. The van der Waals surface area contributed by atoms with Crippen molar-refractivity contribution in [1.29, 1.82) is 0 Å². The largest absolute Gasteiger partial charge is 0.497 e. The highest BCUT2D eigenvalue weighted by atomic mass is 16.5. The summed E-state index contributed by atoms with van der Waals surface area (Å²) >= 11 is 0. The van der Waals surface area contributed by atoms with E-state index in [1.54, 1.807) is 7.11 Å². The van der Waals surface area contributed by atoms with Gasteiger partial charge in [-0.3, -0.25) is 0 Å². The fourth-order valence-electron chi connectivity index (χ4n) is 2.67. The van der Waals surface area contributed by atoms with E-state index in [4.69, 9.17) is 4.74 Å². The smallest absolute Gasteiger partial charge is 0.118 e. The first-order valence-electron chi connectivity index (χ1n) is 5.94. The van der Waals surface area contributed by atoms with Crippen LogP contribution in [0.4, 0.5) is 0 Å². The van der Waals surface area contributed by atoms with Crippen LogP contribution in [-0.4, -0.2) is 18.3 Å². The van der Waals surface area contributed by atoms with E-state index in [9.17, 15) is 5.11 Å². The molecule has 1 N–H and O–H groups in total. The van der Waals surface area contributed by atoms with E-state index in [1.807, 2.05) is 12.1 Å². The van der Waals surface area contributed by atoms with Crippen molar-refractivity contribution in [2.45, 2.75) is 38.7 Å². The molecule has 0 radical (unpaired) electrons. The molecule has 0 heterocycles. The Morgan fingerprint density at radius 3 is 2.44 bits per heavy atom. The molecule has 0 aromatic heterocycles. The van der Waals surface area contributed by atoms with Crippen molar-refractivity contribution in [3.05, 3.63) is 29.8 Å². The van der Waals surface area contributed by atoms with Gasteiger partial charge in [-0.15, -0.1) is 0 Å². The molecule has 88 valence electrons. The van der Waals surface area contributed by atoms with E-state index in [0.717, 1.165) is 18.6 Å². The van der Waals surface area contributed by atoms with E-state index in [1.165, 1.54) is 5.56 Å². The Kier molecular flexibility index (Phi) is 2.94. The number of hydrogen-bond acceptors (Lipinski definition) is 2. The highest BCUT2D eigenvalue weighted by Gasteiger charge is 2.49. The summed E-state index contributed by atoms with van der Waals surface area (Å²) < 4.78 is 5.15. The Balaban J connectivity index is 2.19. The molecule has 2 nitrogen and oxygen atoms in total. The minimum absolute atomic E-state index is 0.0502. The van der Waals surface area contributed by atoms with Crippen LogP contribution < -0.4 is 4.74 Å². The van der Waals surface area contributed by atoms with Crippen LogP contribution in [0.2, 0.25) is 0 Å². The molecular formula is C14H20O2. The Hall–Kier alpha value is -1.02. The number of hydrogen-bond donors (Lipinski definition) is 1. The van der Waals surface area contributed by atoms with E-state index in [2.05, 4.69) is 26.0 Å². The number of aliphatic hydroxyl groups is 1. The van der Waals surface area contributed by atoms with Crippen LogP contribution in [0.3, 0.4) is 0 Å². The molecular weight excluding hydrogens is 200 g/mol. The predicted molar refractivity (Wildman–Crippen MR) is 64.8 cm³/mol. The normalized spacial score (nSPS) is 33.2. The van der Waals surface area contributed by atoms with Gasteiger partial charge in [-0.1, -0.05) is 26.0 Å². The lowest BCUT2D eigenvalue weighted by Gasteiger charge is -2.51. The molecule has 0 bridgehead atoms. The molecule has 3 unspecified atom stereocenters. The van der Waals surface area contributed by atoms with Crippen molar-refractivity contribution in [2.75, 3.05) is 7.11 Å². The maximum atomic E-state index is 9.87. The third-order valence-electron chi connectivity index (χ3n) is 4.30. The second-order valence-electron chi connectivity index (χ2n) is 4.94. The van der Waals surface area contributed by atoms with Gasteiger partial charge in [-0.2, -0.15) is 0 Å². The molecule has 1 aromatic rings. The van der Waals surface area contributed by atoms with E-state index in [0.29, 0.717) is 5.92 Å². The first kappa shape index (κ1) is 11.5. The van der Waals surface area contributed by atoms with Gasteiger partial charge in [-0.05, 0) is 36.5 Å². The molecule has 0 saturated heterocycles. The zero-order chi connectivity index (χ0) is 11.8. The van der Waals surface area contributed by atoms with Crippen LogP contribution in [0.1, 0.15) is 38.2 Å². The molecule has 1 saturated carbocycles. The summed E-state index contributed by atoms with van der Waals surface area (Å²) in [4.78, 5) is 0. The second-order valence-corrected chi connectivity index (χ2v) is 4.94. The Morgan fingerprint density at radius 2 is 2.00 bits per heavy atom. The summed E-state index contributed by atoms with van der Waals surface area (Å²) in [5.41, 5.74) is 1.37. The molecule has 2 heteroatoms. The topological polar surface area (TPSA) is 29.5 Å². The van der Waals surface area contributed by atoms with E-state index < -0.39 is 0 Å². The number of ether oxygens (including phenoxy) is 1. The molecule has 1 fully saturated rings. The zero-order valence-electron chi connectivity index (χ0n) is 10.2. The minimum Gasteiger partial charge on any atom is -0.497 e. The lowest BCUT2D eigenvalue weighted by atomic mass is 9.55. The minimum atomic E-state index is -0.149. The van der Waals surface area contributed by atoms with Crippen molar-refractivity contribution in [1.82, 2.24) is 0 Å². The monoisotopic (exact) mass is 220 g/mol. The summed E-state index contributed by atoms with van der Waals surface area (Å²) in [5, 5.41) is 9.87. The third-order valence-corrected chi connectivity index (χ3v) is 4.30. The molecule has 0 amide bonds. The van der Waals surface area contributed by atoms with Gasteiger partial charge < -0.3 is 9.84 Å². The standard InChI is InChI=1S/C14H20O2/c1-4-14(2)12(9-13(14)15)10-5-7-11(16-3)8-6-10/h5-8,12-13,15H,4,9H2,1-3H3. The first-order valence-corrected chi connectivity index (χ1v) is 5.94. The Bertz CT molecular complexity index is 358. The zero-order valence-corrected chi connectivity index (χ0v) is 10.2. The third kappa shape index (κ3) is 1.61. The van der Waals surface area contributed by atoms with Gasteiger partial charge in [0, 0.05) is 5.41 Å². The Labute approximate surface area is 97.3 Å². The second kappa shape index (κ2) is 4.10. The van der Waals surface area contributed by atoms with E-state index >= 15 is 0 Å². The summed E-state index contributed by atoms with van der Waals surface area (Å²) in [6.45, 7) is 4.33. The fraction of sp³-hybridized carbons (Fsp3) is 0.571. The summed E-state index contributed by atoms with van der Waals surface area (Å²) in [6, 6.07) is 8.22. The molecule has 16 heavy (non-hydrogen) atoms. The van der Waals surface area contributed by atoms with Gasteiger partial charge >= 0.3 is 0 Å². The van der Waals surface area contributed by atoms with Gasteiger partial charge in [0.1, 0.15) is 5.75 Å². The quantitative estimate of drug-likeness (QED) is 0.848. The number of benzene rings is 1. The van der Waals surface area contributed by atoms with Crippen molar-refractivity contribution in [2.24, 2.45) is 5.41 Å². The molecule has 1 aliphatic carbocycles. The van der Waals surface area contributed by atoms with Gasteiger partial charge in [0.25, 0.3) is 0 Å². The summed E-state index contributed by atoms with van der Waals surface area (Å²) in [7, 11) is 1.68. The first-order chi connectivity index (χ1) is 7.61. The van der Waals surface area contributed by atoms with Crippen molar-refractivity contribution in [3.8, 4) is 5.75 Å². The average molecular weight is 220 g/mol. The molecule has 0 aliphatic heterocycles. The highest BCUT2D eigenvalue weighted by molar-refractivity contribution is 5.33. The van der Waals surface area contributed by atoms with Gasteiger partial charge in [0.2, 0.25) is 0 Å². The lowest BCUT2D eigenvalue weighted by Crippen LogP contribution is -2.49. The Morgan fingerprint density at radius 1 is 1.38 bits per heavy atom. The van der Waals surface area contributed by atoms with Crippen LogP contribution in [-0.2, 0) is 0 Å². The van der Waals surface area contributed by atoms with Crippen LogP contribution in [0, 0.1) is 5.41 Å². The summed E-state index contributed by atoms with van der Waals surface area (Å²) in [5.74, 6) is 1.38. The number of methoxy groups -OCH3 is 1. The summed E-state index contributed by atoms with van der Waals surface area (Å²) in [6.07, 6.45) is 1.76. The highest BCUT2D eigenvalue weighted by Crippen LogP contribution is 2.54. The molecule has 1 aliphatic rings. The van der Waals surface area contributed by atoms with Crippen LogP contribution in [0.15, 0.2) is 24.3 Å². The average Bonchev–Trinajstić information content (AvgIpc) is 2.35. The van der Waals surface area contributed by atoms with Gasteiger partial charge in [-0.25, -0.2) is 0 Å². The predicted octanol–water partition coefficient (Wildman–Crippen LogP) is 2.96. The molecule has 1 aromatic carbocycles. The van der Waals surface area contributed by atoms with Gasteiger partial charge in [0.05, 0.1) is 13.2 Å². The number of aliphatic hydroxyl groups excluding tert-OH is 1. The van der Waals surface area contributed by atoms with Crippen LogP contribution in [0.5, 0.6) is 5.75 Å². The van der Waals surface area contributed by atoms with E-state index in [-0.39, 0.29) is 11.5 Å². The maximum Gasteiger partial charge on any atom is 0.118 e. The van der Waals surface area contributed by atoms with Crippen molar-refractivity contribution < 1.29 is 9.84 Å². The maximum absolute atomic E-state index is 9.87. The SMILES string of the molecule is CCC1(C)C(O)CC1c1ccc(OC)cc1. The molecule has 0 spiro atoms. The van der Waals surface area contributed by atoms with Crippen LogP contribution in [0.25, 0.3) is 0 Å².